The molecule has 1 aromatic rings. The number of hydrogen-bond donors (Lipinski definition) is 3. The van der Waals surface area contributed by atoms with Gasteiger partial charge in [0.1, 0.15) is 0 Å². The lowest BCUT2D eigenvalue weighted by Gasteiger charge is -2.24. The zero-order chi connectivity index (χ0) is 13.7. The summed E-state index contributed by atoms with van der Waals surface area (Å²) in [4.78, 5) is 12.8. The first-order chi connectivity index (χ1) is 8.45. The summed E-state index contributed by atoms with van der Waals surface area (Å²) in [5.74, 6) is -1.05. The van der Waals surface area contributed by atoms with E-state index in [-0.39, 0.29) is 18.7 Å². The van der Waals surface area contributed by atoms with Crippen LogP contribution in [0.5, 0.6) is 0 Å². The van der Waals surface area contributed by atoms with Crippen molar-refractivity contribution >= 4 is 17.3 Å². The van der Waals surface area contributed by atoms with Crippen LogP contribution in [0.15, 0.2) is 18.2 Å². The zero-order valence-corrected chi connectivity index (χ0v) is 10.5. The average molecular weight is 254 g/mol. The number of carbonyl (C=O) groups is 1. The maximum absolute atomic E-state index is 11.1. The first-order valence-electron chi connectivity index (χ1n) is 5.46. The third-order valence-electron chi connectivity index (χ3n) is 2.51. The highest BCUT2D eigenvalue weighted by atomic mass is 16.5. The van der Waals surface area contributed by atoms with Gasteiger partial charge >= 0.3 is 5.97 Å². The Hall–Kier alpha value is -1.79. The molecule has 1 atom stereocenters. The van der Waals surface area contributed by atoms with Crippen LogP contribution in [0.1, 0.15) is 10.4 Å². The van der Waals surface area contributed by atoms with Gasteiger partial charge in [0.25, 0.3) is 0 Å². The van der Waals surface area contributed by atoms with Crippen molar-refractivity contribution in [1.29, 1.82) is 0 Å². The molecule has 0 bridgehead atoms. The van der Waals surface area contributed by atoms with Crippen LogP contribution in [0.2, 0.25) is 0 Å². The van der Waals surface area contributed by atoms with Crippen LogP contribution in [0.4, 0.5) is 11.4 Å². The van der Waals surface area contributed by atoms with E-state index in [0.717, 1.165) is 0 Å². The standard InChI is InChI=1S/C12H18N2O4/c1-14(6-9(15)7-18-2)11-4-3-8(13)5-10(11)12(16)17/h3-5,9,15H,6-7,13H2,1-2H3,(H,16,17). The van der Waals surface area contributed by atoms with Gasteiger partial charge in [0, 0.05) is 26.4 Å². The van der Waals surface area contributed by atoms with Crippen LogP contribution in [0.25, 0.3) is 0 Å². The number of anilines is 2. The number of aliphatic hydroxyl groups is 1. The number of ether oxygens (including phenoxy) is 1. The van der Waals surface area contributed by atoms with Gasteiger partial charge in [-0.3, -0.25) is 0 Å². The number of nitrogens with two attached hydrogens (primary N) is 1. The fraction of sp³-hybridized carbons (Fsp3) is 0.417. The van der Waals surface area contributed by atoms with Crippen molar-refractivity contribution in [3.8, 4) is 0 Å². The van der Waals surface area contributed by atoms with Gasteiger partial charge in [-0.15, -0.1) is 0 Å². The number of aliphatic hydroxyl groups excluding tert-OH is 1. The number of carboxylic acid groups (broad SMARTS) is 1. The molecular formula is C12H18N2O4. The van der Waals surface area contributed by atoms with Gasteiger partial charge in [-0.05, 0) is 18.2 Å². The molecular weight excluding hydrogens is 236 g/mol. The summed E-state index contributed by atoms with van der Waals surface area (Å²) in [6.45, 7) is 0.472. The summed E-state index contributed by atoms with van der Waals surface area (Å²) in [6, 6.07) is 4.65. The maximum atomic E-state index is 11.1. The number of aromatic carboxylic acids is 1. The van der Waals surface area contributed by atoms with Crippen molar-refractivity contribution in [1.82, 2.24) is 0 Å². The van der Waals surface area contributed by atoms with E-state index in [1.807, 2.05) is 0 Å². The Kier molecular flexibility index (Phi) is 4.94. The van der Waals surface area contributed by atoms with E-state index in [4.69, 9.17) is 15.6 Å². The monoisotopic (exact) mass is 254 g/mol. The van der Waals surface area contributed by atoms with E-state index in [0.29, 0.717) is 11.4 Å². The molecule has 0 aromatic heterocycles. The molecule has 0 fully saturated rings. The Morgan fingerprint density at radius 1 is 1.56 bits per heavy atom. The molecule has 0 saturated heterocycles. The lowest BCUT2D eigenvalue weighted by molar-refractivity contribution is 0.0680. The molecule has 0 amide bonds. The fourth-order valence-corrected chi connectivity index (χ4v) is 1.72. The fourth-order valence-electron chi connectivity index (χ4n) is 1.72. The summed E-state index contributed by atoms with van der Waals surface area (Å²) in [6.07, 6.45) is -0.681. The van der Waals surface area contributed by atoms with E-state index in [9.17, 15) is 9.90 Å². The third-order valence-corrected chi connectivity index (χ3v) is 2.51. The number of hydrogen-bond acceptors (Lipinski definition) is 5. The van der Waals surface area contributed by atoms with E-state index >= 15 is 0 Å². The van der Waals surface area contributed by atoms with E-state index in [1.165, 1.54) is 13.2 Å². The molecule has 100 valence electrons. The van der Waals surface area contributed by atoms with Crippen molar-refractivity contribution in [3.63, 3.8) is 0 Å². The van der Waals surface area contributed by atoms with Gasteiger partial charge in [0.2, 0.25) is 0 Å². The second-order valence-corrected chi connectivity index (χ2v) is 4.07. The Bertz CT molecular complexity index is 423. The Morgan fingerprint density at radius 2 is 2.22 bits per heavy atom. The SMILES string of the molecule is COCC(O)CN(C)c1ccc(N)cc1C(=O)O. The largest absolute Gasteiger partial charge is 0.478 e. The molecule has 0 radical (unpaired) electrons. The number of benzene rings is 1. The number of methoxy groups -OCH3 is 1. The van der Waals surface area contributed by atoms with Gasteiger partial charge < -0.3 is 25.6 Å². The first-order valence-corrected chi connectivity index (χ1v) is 5.46. The Labute approximate surface area is 106 Å². The number of carboxylic acids is 1. The minimum Gasteiger partial charge on any atom is -0.478 e. The van der Waals surface area contributed by atoms with E-state index in [1.54, 1.807) is 24.1 Å². The van der Waals surface area contributed by atoms with Gasteiger partial charge in [0.05, 0.1) is 24.0 Å². The second-order valence-electron chi connectivity index (χ2n) is 4.07. The van der Waals surface area contributed by atoms with Crippen molar-refractivity contribution in [3.05, 3.63) is 23.8 Å². The minimum atomic E-state index is -1.05. The molecule has 0 heterocycles. The Balaban J connectivity index is 2.91. The highest BCUT2D eigenvalue weighted by Gasteiger charge is 2.16. The average Bonchev–Trinajstić information content (AvgIpc) is 2.28. The molecule has 0 aliphatic heterocycles. The van der Waals surface area contributed by atoms with E-state index in [2.05, 4.69) is 0 Å². The second kappa shape index (κ2) is 6.23. The molecule has 1 aromatic carbocycles. The number of rotatable bonds is 6. The summed E-state index contributed by atoms with van der Waals surface area (Å²) >= 11 is 0. The van der Waals surface area contributed by atoms with Crippen LogP contribution < -0.4 is 10.6 Å². The Morgan fingerprint density at radius 3 is 2.78 bits per heavy atom. The molecule has 18 heavy (non-hydrogen) atoms. The van der Waals surface area contributed by atoms with Gasteiger partial charge in [-0.25, -0.2) is 4.79 Å². The molecule has 6 heteroatoms. The first kappa shape index (κ1) is 14.3. The van der Waals surface area contributed by atoms with Gasteiger partial charge in [-0.1, -0.05) is 0 Å². The molecule has 6 nitrogen and oxygen atoms in total. The third kappa shape index (κ3) is 3.61. The normalized spacial score (nSPS) is 12.2. The molecule has 0 saturated carbocycles. The summed E-state index contributed by atoms with van der Waals surface area (Å²) < 4.78 is 4.82. The number of likely N-dealkylation sites (N-methyl/N-ethyl adjacent to an activating group) is 1. The summed E-state index contributed by atoms with van der Waals surface area (Å²) in [7, 11) is 3.20. The summed E-state index contributed by atoms with van der Waals surface area (Å²) in [5.41, 5.74) is 6.57. The van der Waals surface area contributed by atoms with Crippen LogP contribution >= 0.6 is 0 Å². The van der Waals surface area contributed by atoms with Gasteiger partial charge in [-0.2, -0.15) is 0 Å². The van der Waals surface area contributed by atoms with Crippen LogP contribution in [-0.2, 0) is 4.74 Å². The highest BCUT2D eigenvalue weighted by Crippen LogP contribution is 2.22. The molecule has 0 aliphatic rings. The molecule has 4 N–H and O–H groups in total. The highest BCUT2D eigenvalue weighted by molar-refractivity contribution is 5.95. The molecule has 0 aliphatic carbocycles. The van der Waals surface area contributed by atoms with Crippen LogP contribution in [0.3, 0.4) is 0 Å². The number of nitrogen functional groups attached to an aromatic ring is 1. The van der Waals surface area contributed by atoms with Crippen molar-refractivity contribution in [2.24, 2.45) is 0 Å². The van der Waals surface area contributed by atoms with Crippen LogP contribution in [-0.4, -0.2) is 49.6 Å². The maximum Gasteiger partial charge on any atom is 0.337 e. The summed E-state index contributed by atoms with van der Waals surface area (Å²) in [5, 5.41) is 18.7. The van der Waals surface area contributed by atoms with Crippen molar-refractivity contribution < 1.29 is 19.7 Å². The van der Waals surface area contributed by atoms with Crippen molar-refractivity contribution in [2.75, 3.05) is 37.9 Å². The number of nitrogens with zero attached hydrogens (tertiary/aromatic N) is 1. The van der Waals surface area contributed by atoms with Crippen molar-refractivity contribution in [2.45, 2.75) is 6.10 Å². The zero-order valence-electron chi connectivity index (χ0n) is 10.5. The lowest BCUT2D eigenvalue weighted by atomic mass is 10.1. The lowest BCUT2D eigenvalue weighted by Crippen LogP contribution is -2.32. The smallest absolute Gasteiger partial charge is 0.337 e. The molecule has 1 unspecified atom stereocenters. The van der Waals surface area contributed by atoms with Crippen LogP contribution in [0, 0.1) is 0 Å². The molecule has 1 rings (SSSR count). The molecule has 0 spiro atoms. The van der Waals surface area contributed by atoms with Gasteiger partial charge in [0.15, 0.2) is 0 Å². The predicted molar refractivity (Wildman–Crippen MR) is 69.0 cm³/mol. The quantitative estimate of drug-likeness (QED) is 0.636. The predicted octanol–water partition coefficient (Wildman–Crippen LogP) is 0.410. The minimum absolute atomic E-state index is 0.113. The topological polar surface area (TPSA) is 96.0 Å². The van der Waals surface area contributed by atoms with E-state index < -0.39 is 12.1 Å².